The van der Waals surface area contributed by atoms with E-state index in [0.29, 0.717) is 0 Å². The minimum absolute atomic E-state index is 0.783. The smallest absolute Gasteiger partial charge is 0.0652 e. The van der Waals surface area contributed by atoms with Crippen LogP contribution in [0.4, 0.5) is 5.69 Å². The zero-order valence-electron chi connectivity index (χ0n) is 12.2. The average molecular weight is 281 g/mol. The van der Waals surface area contributed by atoms with Crippen molar-refractivity contribution in [1.29, 1.82) is 0 Å². The second-order valence-corrected chi connectivity index (χ2v) is 10.4. The third kappa shape index (κ3) is 3.29. The molecule has 0 aliphatic rings. The number of aryl methyl sites for hydroxylation is 1. The first kappa shape index (κ1) is 14.4. The summed E-state index contributed by atoms with van der Waals surface area (Å²) in [5, 5.41) is 5.11. The summed E-state index contributed by atoms with van der Waals surface area (Å²) in [4.78, 5) is 2.96. The molecule has 3 nitrogen and oxygen atoms in total. The predicted octanol–water partition coefficient (Wildman–Crippen LogP) is 4.63. The van der Waals surface area contributed by atoms with Gasteiger partial charge in [-0.05, 0) is 23.7 Å². The van der Waals surface area contributed by atoms with Gasteiger partial charge >= 0.3 is 0 Å². The normalized spacial score (nSPS) is 10.9. The number of azide groups is 1. The highest BCUT2D eigenvalue weighted by Gasteiger charge is 2.26. The van der Waals surface area contributed by atoms with Gasteiger partial charge in [0.1, 0.15) is 0 Å². The summed E-state index contributed by atoms with van der Waals surface area (Å²) in [6, 6.07) is 17.7. The molecule has 0 saturated carbocycles. The van der Waals surface area contributed by atoms with Crippen molar-refractivity contribution in [3.63, 3.8) is 0 Å². The molecule has 2 rings (SSSR count). The second-order valence-electron chi connectivity index (χ2n) is 5.76. The SMILES string of the molecule is Cc1ccc(N=[N+]=[N-])c([Si](C)(C)Cc2ccccc2)c1. The first-order valence-electron chi connectivity index (χ1n) is 6.73. The highest BCUT2D eigenvalue weighted by atomic mass is 28.3. The standard InChI is InChI=1S/C16H19N3Si/c1-13-9-10-15(18-19-17)16(11-13)20(2,3)12-14-7-5-4-6-8-14/h4-11H,12H2,1-3H3. The molecular weight excluding hydrogens is 262 g/mol. The summed E-state index contributed by atoms with van der Waals surface area (Å²) in [5.41, 5.74) is 12.1. The Balaban J connectivity index is 2.42. The van der Waals surface area contributed by atoms with Crippen LogP contribution in [-0.2, 0) is 6.04 Å². The van der Waals surface area contributed by atoms with Gasteiger partial charge in [0.25, 0.3) is 0 Å². The minimum Gasteiger partial charge on any atom is -0.0652 e. The van der Waals surface area contributed by atoms with E-state index in [-0.39, 0.29) is 0 Å². The maximum Gasteiger partial charge on any atom is 0.0855 e. The first-order chi connectivity index (χ1) is 9.53. The van der Waals surface area contributed by atoms with Crippen LogP contribution in [0, 0.1) is 6.92 Å². The number of hydrogen-bond donors (Lipinski definition) is 0. The molecule has 0 bridgehead atoms. The second kappa shape index (κ2) is 5.95. The summed E-state index contributed by atoms with van der Waals surface area (Å²) in [6.45, 7) is 6.73. The molecule has 0 atom stereocenters. The van der Waals surface area contributed by atoms with Gasteiger partial charge in [0, 0.05) is 10.6 Å². The highest BCUT2D eigenvalue weighted by Crippen LogP contribution is 2.20. The number of hydrogen-bond acceptors (Lipinski definition) is 1. The Morgan fingerprint density at radius 3 is 2.45 bits per heavy atom. The predicted molar refractivity (Wildman–Crippen MR) is 87.2 cm³/mol. The molecule has 0 N–H and O–H groups in total. The average Bonchev–Trinajstić information content (AvgIpc) is 2.41. The van der Waals surface area contributed by atoms with Gasteiger partial charge in [0.15, 0.2) is 0 Å². The van der Waals surface area contributed by atoms with E-state index in [1.165, 1.54) is 16.3 Å². The van der Waals surface area contributed by atoms with Crippen molar-refractivity contribution in [3.8, 4) is 0 Å². The van der Waals surface area contributed by atoms with Crippen LogP contribution in [0.25, 0.3) is 10.4 Å². The Morgan fingerprint density at radius 2 is 1.80 bits per heavy atom. The van der Waals surface area contributed by atoms with E-state index in [1.807, 2.05) is 18.2 Å². The van der Waals surface area contributed by atoms with E-state index in [2.05, 4.69) is 60.4 Å². The summed E-state index contributed by atoms with van der Waals surface area (Å²) in [5.74, 6) is 0. The van der Waals surface area contributed by atoms with Crippen molar-refractivity contribution in [1.82, 2.24) is 0 Å². The topological polar surface area (TPSA) is 48.8 Å². The molecule has 0 aliphatic heterocycles. The van der Waals surface area contributed by atoms with Gasteiger partial charge in [0.05, 0.1) is 8.07 Å². The van der Waals surface area contributed by atoms with Gasteiger partial charge in [-0.2, -0.15) is 0 Å². The maximum absolute atomic E-state index is 8.74. The lowest BCUT2D eigenvalue weighted by atomic mass is 10.2. The Kier molecular flexibility index (Phi) is 4.28. The van der Waals surface area contributed by atoms with E-state index in [0.717, 1.165) is 11.7 Å². The van der Waals surface area contributed by atoms with E-state index >= 15 is 0 Å². The summed E-state index contributed by atoms with van der Waals surface area (Å²) < 4.78 is 0. The van der Waals surface area contributed by atoms with E-state index in [1.54, 1.807) is 0 Å². The van der Waals surface area contributed by atoms with Gasteiger partial charge in [0.2, 0.25) is 0 Å². The molecule has 0 aromatic heterocycles. The molecule has 2 aromatic carbocycles. The number of nitrogens with zero attached hydrogens (tertiary/aromatic N) is 3. The fraction of sp³-hybridized carbons (Fsp3) is 0.250. The lowest BCUT2D eigenvalue weighted by Crippen LogP contribution is -2.44. The molecule has 0 aliphatic carbocycles. The van der Waals surface area contributed by atoms with Crippen LogP contribution in [-0.4, -0.2) is 8.07 Å². The quantitative estimate of drug-likeness (QED) is 0.339. The van der Waals surface area contributed by atoms with E-state index < -0.39 is 8.07 Å². The molecule has 4 heteroatoms. The van der Waals surface area contributed by atoms with Crippen molar-refractivity contribution in [3.05, 3.63) is 70.1 Å². The Morgan fingerprint density at radius 1 is 1.10 bits per heavy atom. The fourth-order valence-corrected chi connectivity index (χ4v) is 5.42. The fourth-order valence-electron chi connectivity index (χ4n) is 2.53. The summed E-state index contributed by atoms with van der Waals surface area (Å²) in [6.07, 6.45) is 0. The molecule has 0 unspecified atom stereocenters. The highest BCUT2D eigenvalue weighted by molar-refractivity contribution is 6.90. The van der Waals surface area contributed by atoms with Crippen LogP contribution in [0.5, 0.6) is 0 Å². The third-order valence-corrected chi connectivity index (χ3v) is 6.67. The summed E-state index contributed by atoms with van der Waals surface area (Å²) in [7, 11) is -1.70. The molecular formula is C16H19N3Si. The van der Waals surface area contributed by atoms with E-state index in [4.69, 9.17) is 5.53 Å². The van der Waals surface area contributed by atoms with Gasteiger partial charge < -0.3 is 0 Å². The van der Waals surface area contributed by atoms with Crippen molar-refractivity contribution in [2.45, 2.75) is 26.1 Å². The largest absolute Gasteiger partial charge is 0.0855 e. The molecule has 20 heavy (non-hydrogen) atoms. The Labute approximate surface area is 120 Å². The molecule has 2 aromatic rings. The molecule has 0 saturated heterocycles. The Hall–Kier alpha value is -2.03. The Bertz CT molecular complexity index is 644. The van der Waals surface area contributed by atoms with Crippen molar-refractivity contribution in [2.24, 2.45) is 5.11 Å². The molecule has 0 fully saturated rings. The van der Waals surface area contributed by atoms with Crippen LogP contribution in [0.1, 0.15) is 11.1 Å². The molecule has 0 amide bonds. The van der Waals surface area contributed by atoms with Gasteiger partial charge in [-0.15, -0.1) is 0 Å². The van der Waals surface area contributed by atoms with Crippen LogP contribution in [0.15, 0.2) is 53.6 Å². The van der Waals surface area contributed by atoms with Crippen molar-refractivity contribution in [2.75, 3.05) is 0 Å². The number of rotatable bonds is 4. The third-order valence-electron chi connectivity index (χ3n) is 3.52. The van der Waals surface area contributed by atoms with Crippen LogP contribution in [0.2, 0.25) is 13.1 Å². The zero-order valence-corrected chi connectivity index (χ0v) is 13.2. The first-order valence-corrected chi connectivity index (χ1v) is 9.94. The molecule has 0 spiro atoms. The summed E-state index contributed by atoms with van der Waals surface area (Å²) >= 11 is 0. The molecule has 0 heterocycles. The van der Waals surface area contributed by atoms with Crippen LogP contribution >= 0.6 is 0 Å². The molecule has 0 radical (unpaired) electrons. The van der Waals surface area contributed by atoms with Gasteiger partial charge in [-0.25, -0.2) is 0 Å². The van der Waals surface area contributed by atoms with Gasteiger partial charge in [-0.1, -0.05) is 77.9 Å². The monoisotopic (exact) mass is 281 g/mol. The lowest BCUT2D eigenvalue weighted by Gasteiger charge is -2.25. The van der Waals surface area contributed by atoms with Crippen molar-refractivity contribution < 1.29 is 0 Å². The van der Waals surface area contributed by atoms with Crippen LogP contribution in [0.3, 0.4) is 0 Å². The maximum atomic E-state index is 8.74. The lowest BCUT2D eigenvalue weighted by molar-refractivity contribution is 1.31. The van der Waals surface area contributed by atoms with Gasteiger partial charge in [-0.3, -0.25) is 0 Å². The number of benzene rings is 2. The van der Waals surface area contributed by atoms with Crippen LogP contribution < -0.4 is 5.19 Å². The minimum atomic E-state index is -1.70. The molecule has 102 valence electrons. The van der Waals surface area contributed by atoms with Crippen molar-refractivity contribution >= 4 is 18.9 Å². The zero-order chi connectivity index (χ0) is 14.6. The van der Waals surface area contributed by atoms with E-state index in [9.17, 15) is 0 Å².